The molecule has 0 unspecified atom stereocenters. The first-order chi connectivity index (χ1) is 17.5. The molecule has 3 rings (SSSR count). The average molecular weight is 725 g/mol. The van der Waals surface area contributed by atoms with Crippen molar-refractivity contribution in [3.8, 4) is 5.75 Å². The molecule has 0 heterocycles. The van der Waals surface area contributed by atoms with Gasteiger partial charge in [0.2, 0.25) is 0 Å². The van der Waals surface area contributed by atoms with Crippen LogP contribution in [0, 0.1) is 17.3 Å². The van der Waals surface area contributed by atoms with E-state index >= 15 is 0 Å². The fraction of sp³-hybridized carbons (Fsp3) is 0.0800. The van der Waals surface area contributed by atoms with Crippen LogP contribution in [0.3, 0.4) is 0 Å². The van der Waals surface area contributed by atoms with Gasteiger partial charge in [-0.05, 0) is 98.8 Å². The van der Waals surface area contributed by atoms with Gasteiger partial charge in [-0.1, -0.05) is 12.1 Å². The summed E-state index contributed by atoms with van der Waals surface area (Å²) in [6, 6.07) is 15.8. The third-order valence-corrected chi connectivity index (χ3v) is 6.62. The number of nitro groups is 1. The Labute approximate surface area is 239 Å². The summed E-state index contributed by atoms with van der Waals surface area (Å²) in [6.07, 6.45) is 2.92. The number of carbonyl (C=O) groups excluding carboxylic acids is 2. The van der Waals surface area contributed by atoms with Crippen LogP contribution >= 0.6 is 45.2 Å². The van der Waals surface area contributed by atoms with Crippen molar-refractivity contribution in [1.29, 1.82) is 0 Å². The van der Waals surface area contributed by atoms with Gasteiger partial charge in [0.25, 0.3) is 17.5 Å². The molecular formula is C25H21I2N5O5. The van der Waals surface area contributed by atoms with Crippen LogP contribution in [-0.4, -0.2) is 42.2 Å². The Balaban J connectivity index is 1.84. The predicted molar refractivity (Wildman–Crippen MR) is 159 cm³/mol. The van der Waals surface area contributed by atoms with Gasteiger partial charge < -0.3 is 15.3 Å². The molecule has 0 spiro atoms. The first kappa shape index (κ1) is 28.0. The van der Waals surface area contributed by atoms with Crippen molar-refractivity contribution in [2.75, 3.05) is 19.0 Å². The Bertz CT molecular complexity index is 1360. The monoisotopic (exact) mass is 725 g/mol. The van der Waals surface area contributed by atoms with Gasteiger partial charge in [0.15, 0.2) is 0 Å². The summed E-state index contributed by atoms with van der Waals surface area (Å²) in [7, 11) is 3.81. The van der Waals surface area contributed by atoms with Crippen LogP contribution in [0.25, 0.3) is 6.08 Å². The van der Waals surface area contributed by atoms with Crippen LogP contribution in [0.4, 0.5) is 11.4 Å². The molecule has 190 valence electrons. The zero-order valence-corrected chi connectivity index (χ0v) is 23.9. The number of anilines is 1. The third kappa shape index (κ3) is 7.72. The Hall–Kier alpha value is -3.53. The molecule has 12 heteroatoms. The first-order valence-electron chi connectivity index (χ1n) is 10.6. The molecule has 37 heavy (non-hydrogen) atoms. The second kappa shape index (κ2) is 12.6. The summed E-state index contributed by atoms with van der Waals surface area (Å²) >= 11 is 3.99. The second-order valence-corrected chi connectivity index (χ2v) is 10.2. The number of phenolic OH excluding ortho intramolecular Hbond substituents is 1. The Morgan fingerprint density at radius 1 is 1.00 bits per heavy atom. The Morgan fingerprint density at radius 3 is 2.14 bits per heavy atom. The molecule has 0 bridgehead atoms. The molecule has 0 radical (unpaired) electrons. The van der Waals surface area contributed by atoms with Crippen LogP contribution in [0.15, 0.2) is 71.5 Å². The number of nitrogens with one attached hydrogen (secondary N) is 2. The van der Waals surface area contributed by atoms with Gasteiger partial charge in [-0.2, -0.15) is 5.10 Å². The minimum Gasteiger partial charge on any atom is -0.506 e. The summed E-state index contributed by atoms with van der Waals surface area (Å²) in [5, 5.41) is 27.3. The van der Waals surface area contributed by atoms with Gasteiger partial charge in [0, 0.05) is 37.5 Å². The number of rotatable bonds is 8. The van der Waals surface area contributed by atoms with E-state index in [9.17, 15) is 24.8 Å². The van der Waals surface area contributed by atoms with Crippen molar-refractivity contribution in [1.82, 2.24) is 10.7 Å². The van der Waals surface area contributed by atoms with E-state index in [4.69, 9.17) is 0 Å². The molecule has 0 aliphatic carbocycles. The lowest BCUT2D eigenvalue weighted by molar-refractivity contribution is -0.384. The summed E-state index contributed by atoms with van der Waals surface area (Å²) in [6.45, 7) is 0. The normalized spacial score (nSPS) is 11.3. The number of nitro benzene ring substituents is 1. The summed E-state index contributed by atoms with van der Waals surface area (Å²) in [4.78, 5) is 38.0. The van der Waals surface area contributed by atoms with E-state index in [0.29, 0.717) is 18.3 Å². The third-order valence-electron chi connectivity index (χ3n) is 4.97. The number of benzene rings is 3. The van der Waals surface area contributed by atoms with Crippen molar-refractivity contribution in [3.05, 3.63) is 100 Å². The molecular weight excluding hydrogens is 704 g/mol. The van der Waals surface area contributed by atoms with E-state index in [0.717, 1.165) is 5.69 Å². The highest BCUT2D eigenvalue weighted by Gasteiger charge is 2.16. The van der Waals surface area contributed by atoms with Crippen LogP contribution in [-0.2, 0) is 4.79 Å². The van der Waals surface area contributed by atoms with E-state index in [2.05, 4.69) is 15.8 Å². The van der Waals surface area contributed by atoms with Crippen molar-refractivity contribution in [3.63, 3.8) is 0 Å². The van der Waals surface area contributed by atoms with Gasteiger partial charge in [0.1, 0.15) is 11.4 Å². The maximum absolute atomic E-state index is 13.0. The highest BCUT2D eigenvalue weighted by atomic mass is 127. The number of carbonyl (C=O) groups is 2. The molecule has 0 saturated carbocycles. The predicted octanol–water partition coefficient (Wildman–Crippen LogP) is 4.50. The molecule has 3 aromatic carbocycles. The number of hydrogen-bond acceptors (Lipinski definition) is 7. The quantitative estimate of drug-likeness (QED) is 0.103. The topological polar surface area (TPSA) is 137 Å². The maximum Gasteiger partial charge on any atom is 0.287 e. The smallest absolute Gasteiger partial charge is 0.287 e. The highest BCUT2D eigenvalue weighted by Crippen LogP contribution is 2.26. The second-order valence-electron chi connectivity index (χ2n) is 7.83. The molecule has 3 aromatic rings. The lowest BCUT2D eigenvalue weighted by Gasteiger charge is -2.12. The molecule has 0 aromatic heterocycles. The van der Waals surface area contributed by atoms with Gasteiger partial charge >= 0.3 is 0 Å². The lowest BCUT2D eigenvalue weighted by atomic mass is 10.1. The minimum atomic E-state index is -0.675. The first-order valence-corrected chi connectivity index (χ1v) is 12.8. The number of amides is 2. The summed E-state index contributed by atoms with van der Waals surface area (Å²) < 4.78 is 1.27. The van der Waals surface area contributed by atoms with E-state index in [1.54, 1.807) is 24.3 Å². The van der Waals surface area contributed by atoms with E-state index < -0.39 is 16.7 Å². The molecule has 0 atom stereocenters. The van der Waals surface area contributed by atoms with Gasteiger partial charge in [0.05, 0.1) is 18.3 Å². The van der Waals surface area contributed by atoms with Crippen molar-refractivity contribution >= 4 is 80.7 Å². The number of phenols is 1. The number of non-ortho nitro benzene ring substituents is 1. The highest BCUT2D eigenvalue weighted by molar-refractivity contribution is 14.1. The molecule has 3 N–H and O–H groups in total. The molecule has 0 fully saturated rings. The van der Waals surface area contributed by atoms with E-state index in [1.165, 1.54) is 36.6 Å². The van der Waals surface area contributed by atoms with Gasteiger partial charge in [-0.3, -0.25) is 19.7 Å². The van der Waals surface area contributed by atoms with Gasteiger partial charge in [-0.25, -0.2) is 5.43 Å². The zero-order valence-electron chi connectivity index (χ0n) is 19.6. The SMILES string of the molecule is CN(C)c1ccc(/C=C(/NC(=O)c2ccc([N+](=O)[O-])cc2)C(=O)NN=Cc2cc(I)c(O)c(I)c2)cc1. The average Bonchev–Trinajstić information content (AvgIpc) is 2.87. The van der Waals surface area contributed by atoms with E-state index in [1.807, 2.05) is 76.3 Å². The summed E-state index contributed by atoms with van der Waals surface area (Å²) in [5.41, 5.74) is 4.59. The van der Waals surface area contributed by atoms with Crippen LogP contribution in [0.5, 0.6) is 5.75 Å². The largest absolute Gasteiger partial charge is 0.506 e. The maximum atomic E-state index is 13.0. The van der Waals surface area contributed by atoms with Crippen LogP contribution in [0.1, 0.15) is 21.5 Å². The minimum absolute atomic E-state index is 0.0760. The Kier molecular flexibility index (Phi) is 9.57. The number of halogens is 2. The standard InChI is InChI=1S/C25H21I2N5O5/c1-31(2)18-7-3-15(4-8-18)13-22(29-24(34)17-5-9-19(10-6-17)32(36)37)25(35)30-28-14-16-11-20(26)23(33)21(27)12-16/h3-14,33H,1-2H3,(H,29,34)(H,30,35)/b22-13+,28-14?. The fourth-order valence-corrected chi connectivity index (χ4v) is 4.82. The molecule has 0 saturated heterocycles. The fourth-order valence-electron chi connectivity index (χ4n) is 3.01. The number of aromatic hydroxyl groups is 1. The van der Waals surface area contributed by atoms with E-state index in [-0.39, 0.29) is 22.7 Å². The van der Waals surface area contributed by atoms with Crippen molar-refractivity contribution in [2.45, 2.75) is 0 Å². The number of hydrogen-bond donors (Lipinski definition) is 3. The lowest BCUT2D eigenvalue weighted by Crippen LogP contribution is -2.32. The van der Waals surface area contributed by atoms with Crippen LogP contribution in [0.2, 0.25) is 0 Å². The molecule has 2 amide bonds. The number of nitrogens with zero attached hydrogens (tertiary/aromatic N) is 3. The number of hydrazone groups is 1. The van der Waals surface area contributed by atoms with Crippen molar-refractivity contribution in [2.24, 2.45) is 5.10 Å². The molecule has 10 nitrogen and oxygen atoms in total. The Morgan fingerprint density at radius 2 is 1.59 bits per heavy atom. The zero-order chi connectivity index (χ0) is 27.1. The molecule has 0 aliphatic heterocycles. The van der Waals surface area contributed by atoms with Crippen molar-refractivity contribution < 1.29 is 19.6 Å². The van der Waals surface area contributed by atoms with Gasteiger partial charge in [-0.15, -0.1) is 0 Å². The molecule has 0 aliphatic rings. The summed E-state index contributed by atoms with van der Waals surface area (Å²) in [5.74, 6) is -1.12. The van der Waals surface area contributed by atoms with Crippen LogP contribution < -0.4 is 15.6 Å².